The maximum atomic E-state index is 13.9. The van der Waals surface area contributed by atoms with Gasteiger partial charge < -0.3 is 15.4 Å². The van der Waals surface area contributed by atoms with Gasteiger partial charge >= 0.3 is 0 Å². The number of hydrogen-bond donors (Lipinski definition) is 4. The Hall–Kier alpha value is -3.85. The third-order valence-corrected chi connectivity index (χ3v) is 6.04. The summed E-state index contributed by atoms with van der Waals surface area (Å²) in [6.45, 7) is 2.00. The highest BCUT2D eigenvalue weighted by Crippen LogP contribution is 2.33. The van der Waals surface area contributed by atoms with Crippen LogP contribution in [-0.2, 0) is 0 Å². The smallest absolute Gasteiger partial charge is 0.159 e. The molecule has 5 heterocycles. The molecule has 0 amide bonds. The Morgan fingerprint density at radius 1 is 1.00 bits per heavy atom. The molecule has 4 N–H and O–H groups in total. The third-order valence-electron chi connectivity index (χ3n) is 6.04. The number of hydrogen-bond acceptors (Lipinski definition) is 6. The van der Waals surface area contributed by atoms with Crippen LogP contribution in [0.5, 0.6) is 5.75 Å². The normalized spacial score (nSPS) is 15.0. The number of H-pyrrole nitrogens is 2. The van der Waals surface area contributed by atoms with Gasteiger partial charge in [0.2, 0.25) is 0 Å². The fourth-order valence-corrected chi connectivity index (χ4v) is 4.44. The summed E-state index contributed by atoms with van der Waals surface area (Å²) in [5.41, 5.74) is 5.05. The fraction of sp³-hybridized carbons (Fsp3) is 0.217. The number of benzene rings is 1. The van der Waals surface area contributed by atoms with Crippen molar-refractivity contribution < 1.29 is 9.50 Å². The lowest BCUT2D eigenvalue weighted by Gasteiger charge is -2.21. The van der Waals surface area contributed by atoms with Gasteiger partial charge in [-0.25, -0.2) is 9.37 Å². The first-order chi connectivity index (χ1) is 15.7. The summed E-state index contributed by atoms with van der Waals surface area (Å²) in [7, 11) is 0. The second-order valence-electron chi connectivity index (χ2n) is 8.12. The second kappa shape index (κ2) is 7.38. The SMILES string of the molecule is Oc1cc(F)cc(-c2cncc3[nH]c(-c4n[nH]c5cnc(C6CCNCC6)cc45)nc23)c1. The van der Waals surface area contributed by atoms with Gasteiger partial charge in [0.15, 0.2) is 5.82 Å². The third kappa shape index (κ3) is 3.18. The van der Waals surface area contributed by atoms with Crippen LogP contribution in [0.15, 0.2) is 42.9 Å². The highest BCUT2D eigenvalue weighted by molar-refractivity contribution is 5.96. The van der Waals surface area contributed by atoms with Gasteiger partial charge in [-0.15, -0.1) is 0 Å². The summed E-state index contributed by atoms with van der Waals surface area (Å²) in [4.78, 5) is 17.0. The van der Waals surface area contributed by atoms with Crippen LogP contribution in [0.3, 0.4) is 0 Å². The van der Waals surface area contributed by atoms with Crippen LogP contribution in [-0.4, -0.2) is 48.3 Å². The molecule has 1 aliphatic heterocycles. The number of halogens is 1. The maximum absolute atomic E-state index is 13.9. The maximum Gasteiger partial charge on any atom is 0.159 e. The Morgan fingerprint density at radius 2 is 1.88 bits per heavy atom. The lowest BCUT2D eigenvalue weighted by atomic mass is 9.93. The van der Waals surface area contributed by atoms with Gasteiger partial charge in [-0.05, 0) is 49.7 Å². The standard InChI is InChI=1S/C23H20FN7O/c24-14-5-13(6-15(32)7-14)17-9-26-10-20-21(17)29-23(28-20)22-16-8-18(12-1-3-25-4-2-12)27-11-19(16)30-31-22/h5-12,25,32H,1-4H2,(H,28,29)(H,30,31). The summed E-state index contributed by atoms with van der Waals surface area (Å²) < 4.78 is 13.9. The minimum atomic E-state index is -0.524. The van der Waals surface area contributed by atoms with E-state index in [9.17, 15) is 9.50 Å². The molecule has 1 aliphatic rings. The molecular formula is C23H20FN7O. The number of nitrogens with one attached hydrogen (secondary N) is 3. The first-order valence-electron chi connectivity index (χ1n) is 10.5. The molecule has 0 atom stereocenters. The molecular weight excluding hydrogens is 409 g/mol. The van der Waals surface area contributed by atoms with Gasteiger partial charge in [0.25, 0.3) is 0 Å². The number of aromatic nitrogens is 6. The molecule has 1 aromatic carbocycles. The van der Waals surface area contributed by atoms with E-state index in [-0.39, 0.29) is 5.75 Å². The summed E-state index contributed by atoms with van der Waals surface area (Å²) in [6, 6.07) is 6.01. The van der Waals surface area contributed by atoms with Gasteiger partial charge in [0.05, 0.1) is 28.9 Å². The van der Waals surface area contributed by atoms with Crippen LogP contribution < -0.4 is 5.32 Å². The molecule has 32 heavy (non-hydrogen) atoms. The van der Waals surface area contributed by atoms with Gasteiger partial charge in [-0.2, -0.15) is 5.10 Å². The Labute approximate surface area is 182 Å². The Bertz CT molecular complexity index is 1430. The largest absolute Gasteiger partial charge is 0.508 e. The van der Waals surface area contributed by atoms with E-state index in [0.29, 0.717) is 39.6 Å². The van der Waals surface area contributed by atoms with E-state index >= 15 is 0 Å². The highest BCUT2D eigenvalue weighted by Gasteiger charge is 2.20. The molecule has 0 unspecified atom stereocenters. The van der Waals surface area contributed by atoms with Crippen LogP contribution in [0.25, 0.3) is 44.6 Å². The molecule has 160 valence electrons. The zero-order chi connectivity index (χ0) is 21.7. The molecule has 0 spiro atoms. The number of rotatable bonds is 3. The van der Waals surface area contributed by atoms with Crippen molar-refractivity contribution in [2.45, 2.75) is 18.8 Å². The van der Waals surface area contributed by atoms with Crippen molar-refractivity contribution in [3.05, 3.63) is 54.4 Å². The molecule has 8 nitrogen and oxygen atoms in total. The van der Waals surface area contributed by atoms with Gasteiger partial charge in [0, 0.05) is 34.8 Å². The molecule has 9 heteroatoms. The molecule has 0 bridgehead atoms. The van der Waals surface area contributed by atoms with Crippen molar-refractivity contribution in [2.24, 2.45) is 0 Å². The number of aromatic amines is 2. The van der Waals surface area contributed by atoms with Crippen molar-refractivity contribution in [1.82, 2.24) is 35.5 Å². The predicted molar refractivity (Wildman–Crippen MR) is 119 cm³/mol. The van der Waals surface area contributed by atoms with Crippen molar-refractivity contribution >= 4 is 21.9 Å². The van der Waals surface area contributed by atoms with Crippen molar-refractivity contribution in [2.75, 3.05) is 13.1 Å². The minimum Gasteiger partial charge on any atom is -0.508 e. The van der Waals surface area contributed by atoms with E-state index in [2.05, 4.69) is 36.5 Å². The number of nitrogens with zero attached hydrogens (tertiary/aromatic N) is 4. The quantitative estimate of drug-likeness (QED) is 0.346. The topological polar surface area (TPSA) is 115 Å². The van der Waals surface area contributed by atoms with Gasteiger partial charge in [-0.3, -0.25) is 15.1 Å². The number of imidazole rings is 1. The molecule has 0 radical (unpaired) electrons. The van der Waals surface area contributed by atoms with E-state index in [0.717, 1.165) is 48.6 Å². The van der Waals surface area contributed by atoms with Crippen LogP contribution in [0.4, 0.5) is 4.39 Å². The van der Waals surface area contributed by atoms with Crippen LogP contribution in [0, 0.1) is 5.82 Å². The minimum absolute atomic E-state index is 0.149. The average Bonchev–Trinajstić information content (AvgIpc) is 3.42. The zero-order valence-electron chi connectivity index (χ0n) is 17.1. The van der Waals surface area contributed by atoms with E-state index in [1.54, 1.807) is 12.4 Å². The second-order valence-corrected chi connectivity index (χ2v) is 8.12. The van der Waals surface area contributed by atoms with Crippen molar-refractivity contribution in [3.8, 4) is 28.4 Å². The molecule has 1 saturated heterocycles. The number of aromatic hydroxyl groups is 1. The van der Waals surface area contributed by atoms with E-state index in [1.807, 2.05) is 6.20 Å². The Morgan fingerprint density at radius 3 is 2.72 bits per heavy atom. The lowest BCUT2D eigenvalue weighted by Crippen LogP contribution is -2.27. The Kier molecular flexibility index (Phi) is 4.36. The van der Waals surface area contributed by atoms with Crippen molar-refractivity contribution in [1.29, 1.82) is 0 Å². The molecule has 0 aliphatic carbocycles. The summed E-state index contributed by atoms with van der Waals surface area (Å²) >= 11 is 0. The summed E-state index contributed by atoms with van der Waals surface area (Å²) in [5, 5.41) is 21.7. The number of piperidine rings is 1. The highest BCUT2D eigenvalue weighted by atomic mass is 19.1. The fourth-order valence-electron chi connectivity index (χ4n) is 4.44. The predicted octanol–water partition coefficient (Wildman–Crippen LogP) is 3.87. The van der Waals surface area contributed by atoms with Crippen LogP contribution >= 0.6 is 0 Å². The van der Waals surface area contributed by atoms with Crippen molar-refractivity contribution in [3.63, 3.8) is 0 Å². The summed E-state index contributed by atoms with van der Waals surface area (Å²) in [5.74, 6) is 0.340. The molecule has 1 fully saturated rings. The van der Waals surface area contributed by atoms with Gasteiger partial charge in [0.1, 0.15) is 17.3 Å². The molecule has 5 aromatic rings. The molecule has 4 aromatic heterocycles. The lowest BCUT2D eigenvalue weighted by molar-refractivity contribution is 0.453. The average molecular weight is 429 g/mol. The van der Waals surface area contributed by atoms with Crippen LogP contribution in [0.1, 0.15) is 24.5 Å². The molecule has 0 saturated carbocycles. The van der Waals surface area contributed by atoms with E-state index in [1.165, 1.54) is 12.1 Å². The Balaban J connectivity index is 1.47. The van der Waals surface area contributed by atoms with Gasteiger partial charge in [-0.1, -0.05) is 0 Å². The first-order valence-corrected chi connectivity index (χ1v) is 10.5. The van der Waals surface area contributed by atoms with Crippen LogP contribution in [0.2, 0.25) is 0 Å². The zero-order valence-corrected chi connectivity index (χ0v) is 17.1. The number of phenols is 1. The summed E-state index contributed by atoms with van der Waals surface area (Å²) in [6.07, 6.45) is 7.24. The number of phenolic OH excluding ortho intramolecular Hbond substituents is 1. The monoisotopic (exact) mass is 429 g/mol. The first kappa shape index (κ1) is 18.9. The van der Waals surface area contributed by atoms with E-state index in [4.69, 9.17) is 4.98 Å². The number of fused-ring (bicyclic) bond motifs is 2. The molecule has 6 rings (SSSR count). The van der Waals surface area contributed by atoms with E-state index < -0.39 is 5.82 Å². The number of pyridine rings is 2.